The molecule has 2 atom stereocenters. The number of aromatic nitrogens is 3. The van der Waals surface area contributed by atoms with Crippen LogP contribution in [0.5, 0.6) is 0 Å². The topological polar surface area (TPSA) is 85.4 Å². The van der Waals surface area contributed by atoms with Crippen LogP contribution in [-0.2, 0) is 4.79 Å². The van der Waals surface area contributed by atoms with Crippen molar-refractivity contribution in [2.45, 2.75) is 37.3 Å². The molecule has 1 aromatic carbocycles. The molecule has 1 aromatic heterocycles. The molecule has 0 spiro atoms. The molecule has 3 amide bonds. The number of alkyl halides is 3. The summed E-state index contributed by atoms with van der Waals surface area (Å²) in [6.45, 7) is 2.64. The minimum Gasteiger partial charge on any atom is -0.324 e. The molecular formula is C22H25F3N6O2. The first-order valence-electron chi connectivity index (χ1n) is 11.2. The number of benzene rings is 1. The molecule has 3 aliphatic heterocycles. The number of carbonyl (C=O) groups excluding carboxylic acids is 2. The van der Waals surface area contributed by atoms with E-state index in [4.69, 9.17) is 0 Å². The summed E-state index contributed by atoms with van der Waals surface area (Å²) in [6, 6.07) is 7.41. The Kier molecular flexibility index (Phi) is 5.49. The molecule has 0 unspecified atom stereocenters. The standard InChI is InChI=1S/C22H25F3N6O2/c23-22(24,25)17-6-8-31(19(32)9-17)18-3-1-14(2-4-18)16-11-30(12-16)21(33)29-7-5-15(10-29)20-26-13-27-28-20/h1-4,13,15-17H,5-12H2,(H,26,27,28)/t15-,17-/m0/s1. The first-order chi connectivity index (χ1) is 15.8. The van der Waals surface area contributed by atoms with Gasteiger partial charge in [0.05, 0.1) is 5.92 Å². The number of amides is 3. The monoisotopic (exact) mass is 462 g/mol. The van der Waals surface area contributed by atoms with Gasteiger partial charge in [-0.25, -0.2) is 9.78 Å². The maximum atomic E-state index is 12.9. The van der Waals surface area contributed by atoms with Crippen LogP contribution in [0.3, 0.4) is 0 Å². The lowest BCUT2D eigenvalue weighted by atomic mass is 9.91. The molecule has 5 rings (SSSR count). The summed E-state index contributed by atoms with van der Waals surface area (Å²) in [5, 5.41) is 6.76. The second-order valence-corrected chi connectivity index (χ2v) is 9.06. The number of hydrogen-bond donors (Lipinski definition) is 1. The van der Waals surface area contributed by atoms with Crippen LogP contribution in [0.2, 0.25) is 0 Å². The highest BCUT2D eigenvalue weighted by molar-refractivity contribution is 5.94. The van der Waals surface area contributed by atoms with Crippen LogP contribution in [0.4, 0.5) is 23.7 Å². The first kappa shape index (κ1) is 21.7. The second-order valence-electron chi connectivity index (χ2n) is 9.06. The van der Waals surface area contributed by atoms with Gasteiger partial charge in [0.25, 0.3) is 0 Å². The van der Waals surface area contributed by atoms with Crippen molar-refractivity contribution in [3.8, 4) is 0 Å². The van der Waals surface area contributed by atoms with Gasteiger partial charge in [-0.05, 0) is 30.5 Å². The van der Waals surface area contributed by atoms with Gasteiger partial charge in [0, 0.05) is 56.7 Å². The maximum absolute atomic E-state index is 12.9. The van der Waals surface area contributed by atoms with E-state index < -0.39 is 24.4 Å². The van der Waals surface area contributed by atoms with Gasteiger partial charge >= 0.3 is 12.2 Å². The van der Waals surface area contributed by atoms with Gasteiger partial charge in [-0.3, -0.25) is 9.89 Å². The molecule has 0 bridgehead atoms. The summed E-state index contributed by atoms with van der Waals surface area (Å²) in [4.78, 5) is 34.3. The third-order valence-electron chi connectivity index (χ3n) is 6.99. The lowest BCUT2D eigenvalue weighted by Gasteiger charge is -2.41. The molecule has 0 saturated carbocycles. The Hall–Kier alpha value is -3.11. The Morgan fingerprint density at radius 2 is 1.73 bits per heavy atom. The molecule has 0 radical (unpaired) electrons. The molecule has 4 heterocycles. The van der Waals surface area contributed by atoms with E-state index in [2.05, 4.69) is 15.2 Å². The number of likely N-dealkylation sites (tertiary alicyclic amines) is 2. The highest BCUT2D eigenvalue weighted by Gasteiger charge is 2.44. The fraction of sp³-hybridized carbons (Fsp3) is 0.545. The predicted molar refractivity (Wildman–Crippen MR) is 113 cm³/mol. The number of halogens is 3. The number of nitrogens with zero attached hydrogens (tertiary/aromatic N) is 5. The fourth-order valence-electron chi connectivity index (χ4n) is 4.93. The Balaban J connectivity index is 1.13. The van der Waals surface area contributed by atoms with Gasteiger partial charge in [-0.1, -0.05) is 12.1 Å². The molecule has 3 aliphatic rings. The number of hydrogen-bond acceptors (Lipinski definition) is 4. The number of nitrogens with one attached hydrogen (secondary N) is 1. The molecule has 1 N–H and O–H groups in total. The van der Waals surface area contributed by atoms with E-state index in [0.717, 1.165) is 17.8 Å². The van der Waals surface area contributed by atoms with E-state index in [-0.39, 0.29) is 30.8 Å². The number of piperidine rings is 1. The molecule has 0 aliphatic carbocycles. The van der Waals surface area contributed by atoms with E-state index in [1.165, 1.54) is 11.2 Å². The van der Waals surface area contributed by atoms with E-state index in [1.54, 1.807) is 12.1 Å². The average molecular weight is 462 g/mol. The lowest BCUT2D eigenvalue weighted by molar-refractivity contribution is -0.182. The third kappa shape index (κ3) is 4.28. The Morgan fingerprint density at radius 3 is 2.36 bits per heavy atom. The summed E-state index contributed by atoms with van der Waals surface area (Å²) < 4.78 is 38.7. The lowest BCUT2D eigenvalue weighted by Crippen LogP contribution is -2.53. The highest BCUT2D eigenvalue weighted by atomic mass is 19.4. The summed E-state index contributed by atoms with van der Waals surface area (Å²) in [5.41, 5.74) is 1.67. The van der Waals surface area contributed by atoms with Gasteiger partial charge < -0.3 is 14.7 Å². The van der Waals surface area contributed by atoms with Crippen molar-refractivity contribution in [2.24, 2.45) is 5.92 Å². The van der Waals surface area contributed by atoms with E-state index in [0.29, 0.717) is 31.9 Å². The zero-order valence-corrected chi connectivity index (χ0v) is 18.0. The van der Waals surface area contributed by atoms with E-state index in [9.17, 15) is 22.8 Å². The molecule has 33 heavy (non-hydrogen) atoms. The number of aromatic amines is 1. The summed E-state index contributed by atoms with van der Waals surface area (Å²) in [6.07, 6.45) is -2.57. The van der Waals surface area contributed by atoms with Crippen molar-refractivity contribution in [3.05, 3.63) is 42.0 Å². The highest BCUT2D eigenvalue weighted by Crippen LogP contribution is 2.37. The van der Waals surface area contributed by atoms with Crippen molar-refractivity contribution in [3.63, 3.8) is 0 Å². The zero-order chi connectivity index (χ0) is 23.2. The minimum absolute atomic E-state index is 0.0306. The van der Waals surface area contributed by atoms with E-state index >= 15 is 0 Å². The van der Waals surface area contributed by atoms with Gasteiger partial charge in [0.2, 0.25) is 5.91 Å². The van der Waals surface area contributed by atoms with Gasteiger partial charge in [0.15, 0.2) is 0 Å². The van der Waals surface area contributed by atoms with Crippen LogP contribution in [-0.4, -0.2) is 75.8 Å². The second kappa shape index (κ2) is 8.35. The van der Waals surface area contributed by atoms with Gasteiger partial charge in [-0.2, -0.15) is 18.3 Å². The van der Waals surface area contributed by atoms with Gasteiger partial charge in [0.1, 0.15) is 12.2 Å². The average Bonchev–Trinajstić information content (AvgIpc) is 3.44. The number of rotatable bonds is 3. The van der Waals surface area contributed by atoms with Crippen LogP contribution in [0.15, 0.2) is 30.6 Å². The van der Waals surface area contributed by atoms with Crippen LogP contribution in [0.25, 0.3) is 0 Å². The van der Waals surface area contributed by atoms with Gasteiger partial charge in [-0.15, -0.1) is 0 Å². The normalized spacial score (nSPS) is 24.3. The number of anilines is 1. The van der Waals surface area contributed by atoms with Crippen LogP contribution >= 0.6 is 0 Å². The number of H-pyrrole nitrogens is 1. The summed E-state index contributed by atoms with van der Waals surface area (Å²) in [7, 11) is 0. The van der Waals surface area contributed by atoms with Crippen LogP contribution in [0.1, 0.15) is 42.5 Å². The summed E-state index contributed by atoms with van der Waals surface area (Å²) >= 11 is 0. The van der Waals surface area contributed by atoms with Crippen molar-refractivity contribution < 1.29 is 22.8 Å². The smallest absolute Gasteiger partial charge is 0.324 e. The summed E-state index contributed by atoms with van der Waals surface area (Å²) in [5.74, 6) is -0.841. The molecule has 176 valence electrons. The van der Waals surface area contributed by atoms with Crippen LogP contribution in [0, 0.1) is 5.92 Å². The Morgan fingerprint density at radius 1 is 1.00 bits per heavy atom. The van der Waals surface area contributed by atoms with Crippen molar-refractivity contribution in [2.75, 3.05) is 37.6 Å². The SMILES string of the molecule is O=C(N1CC(c2ccc(N3CC[C@H](C(F)(F)F)CC3=O)cc2)C1)N1CC[C@H](c2ncn[nH]2)C1. The molecule has 11 heteroatoms. The Bertz CT molecular complexity index is 1000. The van der Waals surface area contributed by atoms with Crippen molar-refractivity contribution >= 4 is 17.6 Å². The fourth-order valence-corrected chi connectivity index (χ4v) is 4.93. The molecular weight excluding hydrogens is 437 g/mol. The number of carbonyl (C=O) groups is 2. The van der Waals surface area contributed by atoms with Crippen molar-refractivity contribution in [1.29, 1.82) is 0 Å². The maximum Gasteiger partial charge on any atom is 0.392 e. The first-order valence-corrected chi connectivity index (χ1v) is 11.2. The minimum atomic E-state index is -4.33. The third-order valence-corrected chi connectivity index (χ3v) is 6.99. The van der Waals surface area contributed by atoms with E-state index in [1.807, 2.05) is 21.9 Å². The quantitative estimate of drug-likeness (QED) is 0.760. The van der Waals surface area contributed by atoms with Crippen molar-refractivity contribution in [1.82, 2.24) is 25.0 Å². The molecule has 8 nitrogen and oxygen atoms in total. The molecule has 2 aromatic rings. The molecule has 3 saturated heterocycles. The number of urea groups is 1. The van der Waals surface area contributed by atoms with Crippen LogP contribution < -0.4 is 4.90 Å². The zero-order valence-electron chi connectivity index (χ0n) is 18.0. The Labute approximate surface area is 188 Å². The molecule has 3 fully saturated rings. The predicted octanol–water partition coefficient (Wildman–Crippen LogP) is 3.12. The largest absolute Gasteiger partial charge is 0.392 e.